The van der Waals surface area contributed by atoms with Crippen molar-refractivity contribution in [1.29, 1.82) is 0 Å². The van der Waals surface area contributed by atoms with Crippen LogP contribution in [0.15, 0.2) is 79.6 Å². The molecule has 0 saturated heterocycles. The van der Waals surface area contributed by atoms with Crippen LogP contribution in [-0.2, 0) is 24.3 Å². The Labute approximate surface area is 171 Å². The first-order valence-corrected chi connectivity index (χ1v) is 9.70. The summed E-state index contributed by atoms with van der Waals surface area (Å²) in [5, 5.41) is 0.712. The summed E-state index contributed by atoms with van der Waals surface area (Å²) in [6.07, 6.45) is 6.64. The summed E-state index contributed by atoms with van der Waals surface area (Å²) in [6, 6.07) is 17.8. The summed E-state index contributed by atoms with van der Waals surface area (Å²) < 4.78 is 2.05. The molecule has 0 radical (unpaired) electrons. The lowest BCUT2D eigenvalue weighted by molar-refractivity contribution is -0.131. The van der Waals surface area contributed by atoms with Gasteiger partial charge in [0.25, 0.3) is 0 Å². The van der Waals surface area contributed by atoms with E-state index in [0.29, 0.717) is 31.1 Å². The van der Waals surface area contributed by atoms with Crippen LogP contribution in [0.4, 0.5) is 0 Å². The van der Waals surface area contributed by atoms with Gasteiger partial charge in [-0.1, -0.05) is 60.1 Å². The second kappa shape index (κ2) is 9.90. The minimum Gasteiger partial charge on any atom is -0.332 e. The number of amides is 1. The molecule has 2 aromatic carbocycles. The van der Waals surface area contributed by atoms with Gasteiger partial charge in [0, 0.05) is 36.9 Å². The largest absolute Gasteiger partial charge is 0.332 e. The second-order valence-corrected chi connectivity index (χ2v) is 7.09. The van der Waals surface area contributed by atoms with E-state index in [1.807, 2.05) is 65.4 Å². The Morgan fingerprint density at radius 1 is 1.14 bits per heavy atom. The van der Waals surface area contributed by atoms with Crippen LogP contribution in [-0.4, -0.2) is 26.9 Å². The lowest BCUT2D eigenvalue weighted by atomic mass is 10.1. The van der Waals surface area contributed by atoms with Crippen LogP contribution in [0.5, 0.6) is 0 Å². The highest BCUT2D eigenvalue weighted by Crippen LogP contribution is 2.14. The predicted octanol–water partition coefficient (Wildman–Crippen LogP) is 4.73. The predicted molar refractivity (Wildman–Crippen MR) is 113 cm³/mol. The summed E-state index contributed by atoms with van der Waals surface area (Å²) >= 11 is 6.09. The van der Waals surface area contributed by atoms with Crippen LogP contribution in [0.3, 0.4) is 0 Å². The SMILES string of the molecule is C=CCN(Cc1nccn1Cc1cccc(Cl)c1)C(=O)CCc1ccccc1. The summed E-state index contributed by atoms with van der Waals surface area (Å²) in [5.41, 5.74) is 2.26. The quantitative estimate of drug-likeness (QED) is 0.493. The highest BCUT2D eigenvalue weighted by atomic mass is 35.5. The number of hydrogen-bond acceptors (Lipinski definition) is 2. The normalized spacial score (nSPS) is 10.6. The highest BCUT2D eigenvalue weighted by Gasteiger charge is 2.15. The monoisotopic (exact) mass is 393 g/mol. The Kier molecular flexibility index (Phi) is 7.04. The van der Waals surface area contributed by atoms with E-state index in [9.17, 15) is 4.79 Å². The van der Waals surface area contributed by atoms with E-state index >= 15 is 0 Å². The number of nitrogens with zero attached hydrogens (tertiary/aromatic N) is 3. The number of hydrogen-bond donors (Lipinski definition) is 0. The van der Waals surface area contributed by atoms with Crippen molar-refractivity contribution >= 4 is 17.5 Å². The number of carbonyl (C=O) groups is 1. The Morgan fingerprint density at radius 2 is 1.93 bits per heavy atom. The van der Waals surface area contributed by atoms with Crippen molar-refractivity contribution in [3.63, 3.8) is 0 Å². The molecule has 1 heterocycles. The molecule has 3 aromatic rings. The van der Waals surface area contributed by atoms with Crippen molar-refractivity contribution < 1.29 is 4.79 Å². The first-order valence-electron chi connectivity index (χ1n) is 9.33. The van der Waals surface area contributed by atoms with Crippen LogP contribution >= 0.6 is 11.6 Å². The molecule has 0 aliphatic rings. The highest BCUT2D eigenvalue weighted by molar-refractivity contribution is 6.30. The molecule has 0 aliphatic heterocycles. The number of rotatable bonds is 9. The Hall–Kier alpha value is -2.85. The summed E-state index contributed by atoms with van der Waals surface area (Å²) in [7, 11) is 0. The van der Waals surface area contributed by atoms with Gasteiger partial charge in [0.15, 0.2) is 0 Å². The van der Waals surface area contributed by atoms with Gasteiger partial charge in [0.05, 0.1) is 6.54 Å². The third kappa shape index (κ3) is 5.57. The number of halogens is 1. The summed E-state index contributed by atoms with van der Waals surface area (Å²) in [6.45, 7) is 5.41. The number of aryl methyl sites for hydroxylation is 1. The van der Waals surface area contributed by atoms with E-state index in [0.717, 1.165) is 23.4 Å². The van der Waals surface area contributed by atoms with E-state index in [-0.39, 0.29) is 5.91 Å². The molecule has 144 valence electrons. The molecule has 1 amide bonds. The van der Waals surface area contributed by atoms with Gasteiger partial charge >= 0.3 is 0 Å². The molecule has 0 atom stereocenters. The average Bonchev–Trinajstić information content (AvgIpc) is 3.13. The molecule has 0 aliphatic carbocycles. The number of carbonyl (C=O) groups excluding carboxylic acids is 1. The fourth-order valence-electron chi connectivity index (χ4n) is 3.10. The lowest BCUT2D eigenvalue weighted by Gasteiger charge is -2.21. The summed E-state index contributed by atoms with van der Waals surface area (Å²) in [5.74, 6) is 0.941. The van der Waals surface area contributed by atoms with E-state index in [1.165, 1.54) is 0 Å². The molecule has 3 rings (SSSR count). The molecule has 0 spiro atoms. The van der Waals surface area contributed by atoms with Crippen molar-refractivity contribution in [2.45, 2.75) is 25.9 Å². The molecule has 0 N–H and O–H groups in total. The van der Waals surface area contributed by atoms with Gasteiger partial charge in [-0.15, -0.1) is 6.58 Å². The van der Waals surface area contributed by atoms with E-state index in [1.54, 1.807) is 17.2 Å². The van der Waals surface area contributed by atoms with Crippen LogP contribution < -0.4 is 0 Å². The third-order valence-corrected chi connectivity index (χ3v) is 4.78. The second-order valence-electron chi connectivity index (χ2n) is 6.65. The molecule has 0 fully saturated rings. The number of benzene rings is 2. The minimum atomic E-state index is 0.0982. The molecule has 28 heavy (non-hydrogen) atoms. The van der Waals surface area contributed by atoms with Crippen molar-refractivity contribution in [3.05, 3.63) is 102 Å². The van der Waals surface area contributed by atoms with E-state index in [2.05, 4.69) is 11.6 Å². The molecule has 1 aromatic heterocycles. The fourth-order valence-corrected chi connectivity index (χ4v) is 3.32. The smallest absolute Gasteiger partial charge is 0.223 e. The lowest BCUT2D eigenvalue weighted by Crippen LogP contribution is -2.32. The Balaban J connectivity index is 1.66. The first kappa shape index (κ1) is 19.9. The van der Waals surface area contributed by atoms with Crippen molar-refractivity contribution in [1.82, 2.24) is 14.5 Å². The van der Waals surface area contributed by atoms with Crippen LogP contribution in [0.25, 0.3) is 0 Å². The van der Waals surface area contributed by atoms with Gasteiger partial charge in [-0.25, -0.2) is 4.98 Å². The van der Waals surface area contributed by atoms with Gasteiger partial charge in [0.2, 0.25) is 5.91 Å². The van der Waals surface area contributed by atoms with E-state index < -0.39 is 0 Å². The Bertz CT molecular complexity index is 920. The molecule has 0 unspecified atom stereocenters. The van der Waals surface area contributed by atoms with Crippen LogP contribution in [0.1, 0.15) is 23.4 Å². The zero-order valence-corrected chi connectivity index (χ0v) is 16.6. The third-order valence-electron chi connectivity index (χ3n) is 4.55. The maximum absolute atomic E-state index is 12.8. The van der Waals surface area contributed by atoms with Crippen LogP contribution in [0.2, 0.25) is 5.02 Å². The Morgan fingerprint density at radius 3 is 2.68 bits per heavy atom. The average molecular weight is 394 g/mol. The van der Waals surface area contributed by atoms with E-state index in [4.69, 9.17) is 11.6 Å². The summed E-state index contributed by atoms with van der Waals surface area (Å²) in [4.78, 5) is 19.0. The van der Waals surface area contributed by atoms with Gasteiger partial charge in [-0.3, -0.25) is 4.79 Å². The van der Waals surface area contributed by atoms with Gasteiger partial charge in [-0.05, 0) is 29.7 Å². The molecular formula is C23H24ClN3O. The van der Waals surface area contributed by atoms with Crippen molar-refractivity contribution in [3.8, 4) is 0 Å². The molecule has 0 saturated carbocycles. The van der Waals surface area contributed by atoms with Crippen molar-refractivity contribution in [2.24, 2.45) is 0 Å². The van der Waals surface area contributed by atoms with Crippen LogP contribution in [0, 0.1) is 0 Å². The first-order chi connectivity index (χ1) is 13.7. The topological polar surface area (TPSA) is 38.1 Å². The molecule has 0 bridgehead atoms. The standard InChI is InChI=1S/C23H24ClN3O/c1-2-14-27(23(28)12-11-19-7-4-3-5-8-19)18-22-25-13-15-26(22)17-20-9-6-10-21(24)16-20/h2-10,13,15-16H,1,11-12,14,17-18H2. The molecule has 5 heteroatoms. The fraction of sp³-hybridized carbons (Fsp3) is 0.217. The zero-order chi connectivity index (χ0) is 19.8. The van der Waals surface area contributed by atoms with Gasteiger partial charge in [0.1, 0.15) is 5.82 Å². The van der Waals surface area contributed by atoms with Gasteiger partial charge in [-0.2, -0.15) is 0 Å². The number of aromatic nitrogens is 2. The number of imidazole rings is 1. The van der Waals surface area contributed by atoms with Crippen molar-refractivity contribution in [2.75, 3.05) is 6.54 Å². The molecular weight excluding hydrogens is 370 g/mol. The maximum atomic E-state index is 12.8. The van der Waals surface area contributed by atoms with Gasteiger partial charge < -0.3 is 9.47 Å². The molecule has 4 nitrogen and oxygen atoms in total. The minimum absolute atomic E-state index is 0.0982. The zero-order valence-electron chi connectivity index (χ0n) is 15.8. The maximum Gasteiger partial charge on any atom is 0.223 e.